The van der Waals surface area contributed by atoms with Crippen molar-refractivity contribution < 1.29 is 4.74 Å². The molecule has 1 aromatic rings. The molecule has 0 spiro atoms. The summed E-state index contributed by atoms with van der Waals surface area (Å²) in [4.78, 5) is 0. The van der Waals surface area contributed by atoms with Gasteiger partial charge >= 0.3 is 0 Å². The van der Waals surface area contributed by atoms with Crippen molar-refractivity contribution in [1.29, 1.82) is 0 Å². The molecule has 0 N–H and O–H groups in total. The Balaban J connectivity index is 2.09. The molecule has 106 valence electrons. The fourth-order valence-corrected chi connectivity index (χ4v) is 2.78. The van der Waals surface area contributed by atoms with Gasteiger partial charge in [-0.25, -0.2) is 0 Å². The second kappa shape index (κ2) is 5.75. The Morgan fingerprint density at radius 3 is 2.74 bits per heavy atom. The molecule has 0 saturated carbocycles. The van der Waals surface area contributed by atoms with Gasteiger partial charge < -0.3 is 4.74 Å². The zero-order valence-corrected chi connectivity index (χ0v) is 13.3. The molecule has 2 atom stereocenters. The van der Waals surface area contributed by atoms with E-state index in [0.717, 1.165) is 31.6 Å². The van der Waals surface area contributed by atoms with Crippen LogP contribution < -0.4 is 4.74 Å². The maximum Gasteiger partial charge on any atom is 0.122 e. The Bertz CT molecular complexity index is 433. The molecule has 2 heteroatoms. The molecule has 1 aliphatic rings. The number of aryl methyl sites for hydroxylation is 1. The molecule has 0 aromatic heterocycles. The Morgan fingerprint density at radius 1 is 1.32 bits per heavy atom. The summed E-state index contributed by atoms with van der Waals surface area (Å²) >= 11 is 6.61. The summed E-state index contributed by atoms with van der Waals surface area (Å²) in [5.41, 5.74) is 2.87. The third-order valence-electron chi connectivity index (χ3n) is 4.33. The van der Waals surface area contributed by atoms with Gasteiger partial charge in [-0.1, -0.05) is 39.8 Å². The smallest absolute Gasteiger partial charge is 0.122 e. The summed E-state index contributed by atoms with van der Waals surface area (Å²) in [5, 5.41) is 0.0986. The molecule has 1 nitrogen and oxygen atoms in total. The van der Waals surface area contributed by atoms with Gasteiger partial charge in [0.15, 0.2) is 0 Å². The molecular weight excluding hydrogens is 256 g/mol. The number of halogens is 1. The van der Waals surface area contributed by atoms with Crippen LogP contribution in [0.4, 0.5) is 0 Å². The van der Waals surface area contributed by atoms with Gasteiger partial charge in [0.05, 0.1) is 12.0 Å². The Labute approximate surface area is 122 Å². The second-order valence-corrected chi connectivity index (χ2v) is 7.32. The molecule has 19 heavy (non-hydrogen) atoms. The van der Waals surface area contributed by atoms with Gasteiger partial charge in [0, 0.05) is 0 Å². The Hall–Kier alpha value is -0.690. The fraction of sp³-hybridized carbons (Fsp3) is 0.647. The largest absolute Gasteiger partial charge is 0.493 e. The van der Waals surface area contributed by atoms with E-state index in [2.05, 4.69) is 45.9 Å². The zero-order valence-electron chi connectivity index (χ0n) is 12.5. The molecule has 0 amide bonds. The second-order valence-electron chi connectivity index (χ2n) is 6.79. The zero-order chi connectivity index (χ0) is 14.0. The first-order chi connectivity index (χ1) is 8.88. The third kappa shape index (κ3) is 3.66. The number of rotatable bonds is 3. The number of benzene rings is 1. The molecular formula is C17H25ClO. The average Bonchev–Trinajstić information content (AvgIpc) is 2.37. The van der Waals surface area contributed by atoms with Gasteiger partial charge in [-0.3, -0.25) is 0 Å². The van der Waals surface area contributed by atoms with Gasteiger partial charge in [0.1, 0.15) is 5.75 Å². The van der Waals surface area contributed by atoms with Crippen molar-refractivity contribution in [3.8, 4) is 5.75 Å². The van der Waals surface area contributed by atoms with E-state index in [4.69, 9.17) is 16.3 Å². The topological polar surface area (TPSA) is 9.23 Å². The lowest BCUT2D eigenvalue weighted by Crippen LogP contribution is -2.18. The Kier molecular flexibility index (Phi) is 4.45. The summed E-state index contributed by atoms with van der Waals surface area (Å²) in [6.45, 7) is 9.97. The van der Waals surface area contributed by atoms with Crippen LogP contribution in [-0.4, -0.2) is 6.61 Å². The van der Waals surface area contributed by atoms with Crippen LogP contribution in [0.3, 0.4) is 0 Å². The molecule has 2 rings (SSSR count). The van der Waals surface area contributed by atoms with Crippen LogP contribution in [0, 0.1) is 11.3 Å². The molecule has 2 unspecified atom stereocenters. The van der Waals surface area contributed by atoms with Crippen LogP contribution in [0.25, 0.3) is 0 Å². The molecule has 0 fully saturated rings. The van der Waals surface area contributed by atoms with E-state index in [9.17, 15) is 0 Å². The van der Waals surface area contributed by atoms with Crippen molar-refractivity contribution >= 4 is 11.6 Å². The minimum absolute atomic E-state index is 0.0986. The van der Waals surface area contributed by atoms with Crippen LogP contribution in [0.15, 0.2) is 18.2 Å². The lowest BCUT2D eigenvalue weighted by Gasteiger charge is -2.29. The summed E-state index contributed by atoms with van der Waals surface area (Å²) in [6.07, 6.45) is 3.24. The highest BCUT2D eigenvalue weighted by molar-refractivity contribution is 6.20. The average molecular weight is 281 g/mol. The number of hydrogen-bond donors (Lipinski definition) is 0. The van der Waals surface area contributed by atoms with E-state index >= 15 is 0 Å². The lowest BCUT2D eigenvalue weighted by atomic mass is 9.78. The molecule has 1 heterocycles. The van der Waals surface area contributed by atoms with Crippen LogP contribution >= 0.6 is 11.6 Å². The van der Waals surface area contributed by atoms with E-state index in [1.165, 1.54) is 11.1 Å². The SMILES string of the molecule is CC(CC(Cl)c1ccc2c(c1)CCCO2)C(C)(C)C. The predicted molar refractivity (Wildman–Crippen MR) is 82.1 cm³/mol. The summed E-state index contributed by atoms with van der Waals surface area (Å²) in [5.74, 6) is 1.64. The standard InChI is InChI=1S/C17H25ClO/c1-12(17(2,3)4)10-15(18)13-7-8-16-14(11-13)6-5-9-19-16/h7-8,11-12,15H,5-6,9-10H2,1-4H3. The van der Waals surface area contributed by atoms with Crippen molar-refractivity contribution in [3.63, 3.8) is 0 Å². The van der Waals surface area contributed by atoms with Crippen molar-refractivity contribution in [3.05, 3.63) is 29.3 Å². The van der Waals surface area contributed by atoms with Crippen molar-refractivity contribution in [2.75, 3.05) is 6.61 Å². The third-order valence-corrected chi connectivity index (χ3v) is 4.76. The first kappa shape index (κ1) is 14.7. The first-order valence-electron chi connectivity index (χ1n) is 7.27. The highest BCUT2D eigenvalue weighted by atomic mass is 35.5. The van der Waals surface area contributed by atoms with E-state index in [1.54, 1.807) is 0 Å². The number of fused-ring (bicyclic) bond motifs is 1. The van der Waals surface area contributed by atoms with E-state index < -0.39 is 0 Å². The van der Waals surface area contributed by atoms with Gasteiger partial charge in [-0.2, -0.15) is 0 Å². The van der Waals surface area contributed by atoms with E-state index in [0.29, 0.717) is 11.3 Å². The normalized spacial score (nSPS) is 18.4. The van der Waals surface area contributed by atoms with Crippen LogP contribution in [0.2, 0.25) is 0 Å². The Morgan fingerprint density at radius 2 is 2.05 bits per heavy atom. The monoisotopic (exact) mass is 280 g/mol. The molecule has 0 bridgehead atoms. The minimum atomic E-state index is 0.0986. The van der Waals surface area contributed by atoms with Gasteiger partial charge in [-0.15, -0.1) is 11.6 Å². The number of ether oxygens (including phenoxy) is 1. The molecule has 0 aliphatic carbocycles. The quantitative estimate of drug-likeness (QED) is 0.677. The van der Waals surface area contributed by atoms with E-state index in [1.807, 2.05) is 0 Å². The fourth-order valence-electron chi connectivity index (χ4n) is 2.38. The van der Waals surface area contributed by atoms with Crippen LogP contribution in [0.1, 0.15) is 57.0 Å². The number of hydrogen-bond acceptors (Lipinski definition) is 1. The molecule has 1 aliphatic heterocycles. The maximum atomic E-state index is 6.61. The maximum absolute atomic E-state index is 6.61. The van der Waals surface area contributed by atoms with Crippen LogP contribution in [0.5, 0.6) is 5.75 Å². The van der Waals surface area contributed by atoms with Gasteiger partial charge in [0.2, 0.25) is 0 Å². The molecule has 0 radical (unpaired) electrons. The van der Waals surface area contributed by atoms with E-state index in [-0.39, 0.29) is 5.38 Å². The number of alkyl halides is 1. The first-order valence-corrected chi connectivity index (χ1v) is 7.71. The summed E-state index contributed by atoms with van der Waals surface area (Å²) in [6, 6.07) is 6.44. The molecule has 0 saturated heterocycles. The van der Waals surface area contributed by atoms with Crippen molar-refractivity contribution in [1.82, 2.24) is 0 Å². The summed E-state index contributed by atoms with van der Waals surface area (Å²) < 4.78 is 5.65. The van der Waals surface area contributed by atoms with Crippen LogP contribution in [-0.2, 0) is 6.42 Å². The van der Waals surface area contributed by atoms with Crippen molar-refractivity contribution in [2.24, 2.45) is 11.3 Å². The predicted octanol–water partition coefficient (Wildman–Crippen LogP) is 5.36. The summed E-state index contributed by atoms with van der Waals surface area (Å²) in [7, 11) is 0. The lowest BCUT2D eigenvalue weighted by molar-refractivity contribution is 0.245. The highest BCUT2D eigenvalue weighted by Gasteiger charge is 2.24. The van der Waals surface area contributed by atoms with Gasteiger partial charge in [0.25, 0.3) is 0 Å². The highest BCUT2D eigenvalue weighted by Crippen LogP contribution is 2.38. The van der Waals surface area contributed by atoms with Crippen molar-refractivity contribution in [2.45, 2.75) is 52.3 Å². The van der Waals surface area contributed by atoms with Gasteiger partial charge in [-0.05, 0) is 47.8 Å². The minimum Gasteiger partial charge on any atom is -0.493 e. The molecule has 1 aromatic carbocycles.